The smallest absolute Gasteiger partial charge is 0.412 e. The van der Waals surface area contributed by atoms with Crippen LogP contribution in [0.5, 0.6) is 0 Å². The first-order valence-corrected chi connectivity index (χ1v) is 10.1. The van der Waals surface area contributed by atoms with Crippen LogP contribution in [0.15, 0.2) is 24.3 Å². The summed E-state index contributed by atoms with van der Waals surface area (Å²) in [6.07, 6.45) is 5.17. The number of likely N-dealkylation sites (tertiary alicyclic amines) is 1. The topological polar surface area (TPSA) is 67.9 Å². The lowest BCUT2D eigenvalue weighted by atomic mass is 9.80. The van der Waals surface area contributed by atoms with Crippen molar-refractivity contribution in [1.29, 1.82) is 0 Å². The minimum Gasteiger partial charge on any atom is -0.466 e. The van der Waals surface area contributed by atoms with E-state index in [4.69, 9.17) is 9.47 Å². The highest BCUT2D eigenvalue weighted by Crippen LogP contribution is 2.44. The second kappa shape index (κ2) is 7.50. The maximum Gasteiger partial charge on any atom is 0.412 e. The van der Waals surface area contributed by atoms with Crippen molar-refractivity contribution < 1.29 is 19.1 Å². The Labute approximate surface area is 160 Å². The van der Waals surface area contributed by atoms with Gasteiger partial charge in [-0.25, -0.2) is 4.79 Å². The molecule has 1 saturated heterocycles. The Morgan fingerprint density at radius 3 is 2.63 bits per heavy atom. The van der Waals surface area contributed by atoms with Crippen molar-refractivity contribution in [3.63, 3.8) is 0 Å². The van der Waals surface area contributed by atoms with E-state index in [-0.39, 0.29) is 18.0 Å². The van der Waals surface area contributed by atoms with E-state index in [1.165, 1.54) is 0 Å². The molecule has 1 aromatic carbocycles. The molecular formula is C21H28N2O4. The number of fused-ring (bicyclic) bond motifs is 2. The molecule has 146 valence electrons. The highest BCUT2D eigenvalue weighted by Gasteiger charge is 2.45. The average molecular weight is 372 g/mol. The molecule has 1 aromatic rings. The van der Waals surface area contributed by atoms with Gasteiger partial charge in [0.25, 0.3) is 0 Å². The number of amides is 1. The van der Waals surface area contributed by atoms with E-state index < -0.39 is 5.60 Å². The first-order valence-electron chi connectivity index (χ1n) is 10.1. The van der Waals surface area contributed by atoms with Crippen molar-refractivity contribution in [2.45, 2.75) is 57.1 Å². The molecular weight excluding hydrogens is 344 g/mol. The number of carbonyl (C=O) groups is 2. The quantitative estimate of drug-likeness (QED) is 0.820. The van der Waals surface area contributed by atoms with Crippen LogP contribution in [0.4, 0.5) is 10.5 Å². The number of esters is 1. The molecule has 1 aliphatic carbocycles. The van der Waals surface area contributed by atoms with Crippen molar-refractivity contribution in [2.75, 3.05) is 25.0 Å². The normalized spacial score (nSPS) is 27.4. The van der Waals surface area contributed by atoms with E-state index in [0.29, 0.717) is 12.6 Å². The number of hydrogen-bond donors (Lipinski definition) is 1. The number of carbonyl (C=O) groups excluding carboxylic acids is 2. The zero-order valence-electron chi connectivity index (χ0n) is 15.9. The number of nitrogens with zero attached hydrogens (tertiary/aromatic N) is 1. The van der Waals surface area contributed by atoms with Crippen molar-refractivity contribution >= 4 is 17.7 Å². The third kappa shape index (κ3) is 3.55. The van der Waals surface area contributed by atoms with Gasteiger partial charge in [0.15, 0.2) is 0 Å². The van der Waals surface area contributed by atoms with Crippen LogP contribution in [0.25, 0.3) is 0 Å². The number of ether oxygens (including phenoxy) is 2. The zero-order valence-corrected chi connectivity index (χ0v) is 15.9. The fraction of sp³-hybridized carbons (Fsp3) is 0.619. The molecule has 6 nitrogen and oxygen atoms in total. The summed E-state index contributed by atoms with van der Waals surface area (Å²) in [7, 11) is 0. The van der Waals surface area contributed by atoms with Gasteiger partial charge in [-0.05, 0) is 38.7 Å². The van der Waals surface area contributed by atoms with Gasteiger partial charge in [0.1, 0.15) is 5.60 Å². The van der Waals surface area contributed by atoms with Gasteiger partial charge in [0.05, 0.1) is 18.2 Å². The van der Waals surface area contributed by atoms with Gasteiger partial charge < -0.3 is 14.4 Å². The molecule has 4 rings (SSSR count). The molecule has 3 aliphatic rings. The third-order valence-corrected chi connectivity index (χ3v) is 6.38. The van der Waals surface area contributed by atoms with E-state index in [0.717, 1.165) is 62.9 Å². The molecule has 0 aromatic heterocycles. The fourth-order valence-corrected chi connectivity index (χ4v) is 4.92. The number of anilines is 1. The average Bonchev–Trinajstić information content (AvgIpc) is 2.69. The van der Waals surface area contributed by atoms with Crippen LogP contribution < -0.4 is 5.32 Å². The molecule has 27 heavy (non-hydrogen) atoms. The molecule has 1 amide bonds. The van der Waals surface area contributed by atoms with Gasteiger partial charge in [-0.2, -0.15) is 0 Å². The van der Waals surface area contributed by atoms with Crippen molar-refractivity contribution in [3.05, 3.63) is 29.8 Å². The molecule has 0 radical (unpaired) electrons. The standard InChI is InChI=1S/C21H28N2O4/c1-2-26-19(24)15-7-9-16(10-8-15)23-13-11-21(12-14-23)17-5-3-4-6-18(17)22-20(25)27-21/h3-6,15-16H,2,7-14H2,1H3,(H,22,25). The first-order chi connectivity index (χ1) is 13.1. The molecule has 0 bridgehead atoms. The predicted octanol–water partition coefficient (Wildman–Crippen LogP) is 3.66. The lowest BCUT2D eigenvalue weighted by Crippen LogP contribution is -2.51. The monoisotopic (exact) mass is 372 g/mol. The Hall–Kier alpha value is -2.08. The number of para-hydroxylation sites is 1. The van der Waals surface area contributed by atoms with Crippen LogP contribution in [0.3, 0.4) is 0 Å². The molecule has 6 heteroatoms. The predicted molar refractivity (Wildman–Crippen MR) is 101 cm³/mol. The van der Waals surface area contributed by atoms with Crippen LogP contribution in [-0.4, -0.2) is 42.7 Å². The largest absolute Gasteiger partial charge is 0.466 e. The van der Waals surface area contributed by atoms with E-state index in [9.17, 15) is 9.59 Å². The van der Waals surface area contributed by atoms with E-state index in [2.05, 4.69) is 16.3 Å². The van der Waals surface area contributed by atoms with E-state index in [1.54, 1.807) is 0 Å². The highest BCUT2D eigenvalue weighted by atomic mass is 16.6. The van der Waals surface area contributed by atoms with E-state index >= 15 is 0 Å². The molecule has 1 spiro atoms. The summed E-state index contributed by atoms with van der Waals surface area (Å²) in [4.78, 5) is 26.5. The lowest BCUT2D eigenvalue weighted by Gasteiger charge is -2.47. The van der Waals surface area contributed by atoms with Gasteiger partial charge in [-0.3, -0.25) is 10.1 Å². The number of benzene rings is 1. The minimum atomic E-state index is -0.502. The Balaban J connectivity index is 1.38. The Morgan fingerprint density at radius 1 is 1.22 bits per heavy atom. The van der Waals surface area contributed by atoms with Gasteiger partial charge in [-0.15, -0.1) is 0 Å². The Kier molecular flexibility index (Phi) is 5.08. The van der Waals surface area contributed by atoms with Gasteiger partial charge in [0, 0.05) is 37.5 Å². The van der Waals surface area contributed by atoms with E-state index in [1.807, 2.05) is 25.1 Å². The molecule has 1 N–H and O–H groups in total. The number of hydrogen-bond acceptors (Lipinski definition) is 5. The highest BCUT2D eigenvalue weighted by molar-refractivity contribution is 5.88. The lowest BCUT2D eigenvalue weighted by molar-refractivity contribution is -0.149. The van der Waals surface area contributed by atoms with Crippen LogP contribution in [0, 0.1) is 5.92 Å². The number of rotatable bonds is 3. The summed E-state index contributed by atoms with van der Waals surface area (Å²) in [5.74, 6) is 0.0290. The molecule has 0 unspecified atom stereocenters. The first kappa shape index (κ1) is 18.3. The summed E-state index contributed by atoms with van der Waals surface area (Å²) in [5.41, 5.74) is 1.46. The molecule has 2 fully saturated rings. The van der Waals surface area contributed by atoms with Crippen LogP contribution in [0.2, 0.25) is 0 Å². The minimum absolute atomic E-state index is 0.0354. The molecule has 0 atom stereocenters. The summed E-state index contributed by atoms with van der Waals surface area (Å²) in [6, 6.07) is 8.47. The molecule has 2 aliphatic heterocycles. The Bertz CT molecular complexity index is 704. The fourth-order valence-electron chi connectivity index (χ4n) is 4.92. The summed E-state index contributed by atoms with van der Waals surface area (Å²) >= 11 is 0. The third-order valence-electron chi connectivity index (χ3n) is 6.38. The second-order valence-corrected chi connectivity index (χ2v) is 7.85. The SMILES string of the molecule is CCOC(=O)C1CCC(N2CCC3(CC2)OC(=O)Nc2ccccc23)CC1. The van der Waals surface area contributed by atoms with Gasteiger partial charge in [-0.1, -0.05) is 18.2 Å². The second-order valence-electron chi connectivity index (χ2n) is 7.85. The maximum atomic E-state index is 12.0. The van der Waals surface area contributed by atoms with Crippen molar-refractivity contribution in [2.24, 2.45) is 5.92 Å². The van der Waals surface area contributed by atoms with Gasteiger partial charge >= 0.3 is 12.1 Å². The summed E-state index contributed by atoms with van der Waals surface area (Å²) in [6.45, 7) is 4.15. The molecule has 2 heterocycles. The summed E-state index contributed by atoms with van der Waals surface area (Å²) < 4.78 is 11.0. The summed E-state index contributed by atoms with van der Waals surface area (Å²) in [5, 5.41) is 2.81. The van der Waals surface area contributed by atoms with Crippen LogP contribution in [0.1, 0.15) is 51.0 Å². The number of nitrogens with one attached hydrogen (secondary N) is 1. The number of piperidine rings is 1. The van der Waals surface area contributed by atoms with Crippen LogP contribution in [-0.2, 0) is 19.9 Å². The molecule has 1 saturated carbocycles. The van der Waals surface area contributed by atoms with Crippen molar-refractivity contribution in [3.8, 4) is 0 Å². The zero-order chi connectivity index (χ0) is 18.9. The maximum absolute atomic E-state index is 12.0. The Morgan fingerprint density at radius 2 is 1.93 bits per heavy atom. The van der Waals surface area contributed by atoms with Crippen molar-refractivity contribution in [1.82, 2.24) is 4.90 Å². The van der Waals surface area contributed by atoms with Crippen LogP contribution >= 0.6 is 0 Å². The van der Waals surface area contributed by atoms with Gasteiger partial charge in [0.2, 0.25) is 0 Å².